The van der Waals surface area contributed by atoms with E-state index in [9.17, 15) is 0 Å². The topological polar surface area (TPSA) is 56.5 Å². The molecular weight excluding hydrogens is 228 g/mol. The molecule has 1 aliphatic heterocycles. The summed E-state index contributed by atoms with van der Waals surface area (Å²) in [5, 5.41) is 3.50. The van der Waals surface area contributed by atoms with Crippen LogP contribution in [-0.2, 0) is 0 Å². The fourth-order valence-corrected chi connectivity index (χ4v) is 2.29. The second-order valence-electron chi connectivity index (χ2n) is 5.37. The van der Waals surface area contributed by atoms with Gasteiger partial charge in [-0.3, -0.25) is 0 Å². The van der Waals surface area contributed by atoms with Crippen molar-refractivity contribution in [1.82, 2.24) is 0 Å². The van der Waals surface area contributed by atoms with Gasteiger partial charge in [-0.15, -0.1) is 0 Å². The van der Waals surface area contributed by atoms with Crippen molar-refractivity contribution in [2.24, 2.45) is 11.1 Å². The molecule has 1 aromatic carbocycles. The Morgan fingerprint density at radius 1 is 1.22 bits per heavy atom. The molecule has 0 unspecified atom stereocenters. The third-order valence-corrected chi connectivity index (χ3v) is 3.93. The Balaban J connectivity index is 1.75. The molecule has 0 aromatic heterocycles. The summed E-state index contributed by atoms with van der Waals surface area (Å²) in [6.07, 6.45) is 2.47. The molecule has 0 spiro atoms. The number of benzene rings is 1. The monoisotopic (exact) mass is 248 g/mol. The maximum absolute atomic E-state index is 5.80. The van der Waals surface area contributed by atoms with Crippen LogP contribution in [0.15, 0.2) is 12.1 Å². The van der Waals surface area contributed by atoms with E-state index in [0.29, 0.717) is 18.6 Å². The third-order valence-electron chi connectivity index (χ3n) is 3.93. The van der Waals surface area contributed by atoms with Gasteiger partial charge >= 0.3 is 0 Å². The van der Waals surface area contributed by atoms with Crippen molar-refractivity contribution < 1.29 is 9.47 Å². The Kier molecular flexibility index (Phi) is 2.82. The van der Waals surface area contributed by atoms with Crippen molar-refractivity contribution >= 4 is 5.69 Å². The number of rotatable bonds is 4. The SMILES string of the molecule is Cc1cc2c(cc1NCC1(CN)CC1)OCCO2. The molecule has 3 N–H and O–H groups in total. The van der Waals surface area contributed by atoms with Crippen LogP contribution in [0.2, 0.25) is 0 Å². The summed E-state index contributed by atoms with van der Waals surface area (Å²) in [5.41, 5.74) is 8.44. The minimum absolute atomic E-state index is 0.333. The Bertz CT molecular complexity index is 455. The van der Waals surface area contributed by atoms with Crippen LogP contribution in [0.5, 0.6) is 11.5 Å². The van der Waals surface area contributed by atoms with Gasteiger partial charge in [-0.2, -0.15) is 0 Å². The van der Waals surface area contributed by atoms with Gasteiger partial charge in [-0.25, -0.2) is 0 Å². The zero-order valence-corrected chi connectivity index (χ0v) is 10.8. The van der Waals surface area contributed by atoms with Crippen LogP contribution in [0, 0.1) is 12.3 Å². The van der Waals surface area contributed by atoms with E-state index in [1.807, 2.05) is 12.1 Å². The number of hydrogen-bond donors (Lipinski definition) is 2. The van der Waals surface area contributed by atoms with E-state index < -0.39 is 0 Å². The van der Waals surface area contributed by atoms with E-state index in [2.05, 4.69) is 12.2 Å². The number of ether oxygens (including phenoxy) is 2. The minimum Gasteiger partial charge on any atom is -0.486 e. The van der Waals surface area contributed by atoms with Crippen LogP contribution in [-0.4, -0.2) is 26.3 Å². The molecule has 98 valence electrons. The van der Waals surface area contributed by atoms with Gasteiger partial charge in [0, 0.05) is 18.3 Å². The predicted octanol–water partition coefficient (Wildman–Crippen LogP) is 1.92. The number of fused-ring (bicyclic) bond motifs is 1. The lowest BCUT2D eigenvalue weighted by Gasteiger charge is -2.22. The van der Waals surface area contributed by atoms with Gasteiger partial charge in [0.25, 0.3) is 0 Å². The zero-order chi connectivity index (χ0) is 12.6. The highest BCUT2D eigenvalue weighted by Crippen LogP contribution is 2.45. The highest BCUT2D eigenvalue weighted by Gasteiger charge is 2.40. The van der Waals surface area contributed by atoms with Crippen molar-refractivity contribution in [2.45, 2.75) is 19.8 Å². The van der Waals surface area contributed by atoms with Gasteiger partial charge in [0.1, 0.15) is 13.2 Å². The van der Waals surface area contributed by atoms with Gasteiger partial charge in [-0.1, -0.05) is 0 Å². The van der Waals surface area contributed by atoms with E-state index in [1.54, 1.807) is 0 Å². The van der Waals surface area contributed by atoms with E-state index in [0.717, 1.165) is 30.3 Å². The van der Waals surface area contributed by atoms with E-state index in [-0.39, 0.29) is 0 Å². The molecule has 1 heterocycles. The molecule has 1 aromatic rings. The highest BCUT2D eigenvalue weighted by atomic mass is 16.6. The Morgan fingerprint density at radius 3 is 2.50 bits per heavy atom. The van der Waals surface area contributed by atoms with Gasteiger partial charge in [0.2, 0.25) is 0 Å². The highest BCUT2D eigenvalue weighted by molar-refractivity contribution is 5.60. The molecule has 0 amide bonds. The third kappa shape index (κ3) is 2.12. The quantitative estimate of drug-likeness (QED) is 0.854. The fraction of sp³-hybridized carbons (Fsp3) is 0.571. The first kappa shape index (κ1) is 11.7. The Morgan fingerprint density at radius 2 is 1.89 bits per heavy atom. The Labute approximate surface area is 107 Å². The maximum atomic E-state index is 5.80. The largest absolute Gasteiger partial charge is 0.486 e. The fourth-order valence-electron chi connectivity index (χ4n) is 2.29. The number of nitrogens with one attached hydrogen (secondary N) is 1. The summed E-state index contributed by atoms with van der Waals surface area (Å²) in [5.74, 6) is 1.69. The smallest absolute Gasteiger partial charge is 0.163 e. The minimum atomic E-state index is 0.333. The molecule has 1 aliphatic carbocycles. The van der Waals surface area contributed by atoms with Gasteiger partial charge in [0.05, 0.1) is 0 Å². The van der Waals surface area contributed by atoms with Crippen molar-refractivity contribution in [3.63, 3.8) is 0 Å². The first-order chi connectivity index (χ1) is 8.72. The summed E-state index contributed by atoms with van der Waals surface area (Å²) < 4.78 is 11.2. The van der Waals surface area contributed by atoms with Crippen LogP contribution >= 0.6 is 0 Å². The van der Waals surface area contributed by atoms with Crippen molar-refractivity contribution in [2.75, 3.05) is 31.6 Å². The van der Waals surface area contributed by atoms with Crippen LogP contribution in [0.4, 0.5) is 5.69 Å². The summed E-state index contributed by atoms with van der Waals surface area (Å²) >= 11 is 0. The molecule has 2 aliphatic rings. The van der Waals surface area contributed by atoms with Gasteiger partial charge in [-0.05, 0) is 43.4 Å². The number of hydrogen-bond acceptors (Lipinski definition) is 4. The molecule has 4 heteroatoms. The molecule has 0 saturated heterocycles. The molecule has 0 radical (unpaired) electrons. The maximum Gasteiger partial charge on any atom is 0.163 e. The number of anilines is 1. The number of nitrogens with two attached hydrogens (primary N) is 1. The lowest BCUT2D eigenvalue weighted by molar-refractivity contribution is 0.171. The Hall–Kier alpha value is -1.42. The predicted molar refractivity (Wildman–Crippen MR) is 71.4 cm³/mol. The normalized spacial score (nSPS) is 19.4. The van der Waals surface area contributed by atoms with Crippen LogP contribution in [0.25, 0.3) is 0 Å². The summed E-state index contributed by atoms with van der Waals surface area (Å²) in [6, 6.07) is 4.08. The second-order valence-corrected chi connectivity index (χ2v) is 5.37. The average Bonchev–Trinajstić information content (AvgIpc) is 3.17. The molecular formula is C14H20N2O2. The van der Waals surface area contributed by atoms with Crippen LogP contribution in [0.3, 0.4) is 0 Å². The van der Waals surface area contributed by atoms with E-state index >= 15 is 0 Å². The van der Waals surface area contributed by atoms with Crippen LogP contribution < -0.4 is 20.5 Å². The van der Waals surface area contributed by atoms with E-state index in [4.69, 9.17) is 15.2 Å². The van der Waals surface area contributed by atoms with Crippen LogP contribution in [0.1, 0.15) is 18.4 Å². The number of aryl methyl sites for hydroxylation is 1. The molecule has 1 saturated carbocycles. The molecule has 0 bridgehead atoms. The van der Waals surface area contributed by atoms with Crippen molar-refractivity contribution in [3.8, 4) is 11.5 Å². The van der Waals surface area contributed by atoms with Crippen molar-refractivity contribution in [1.29, 1.82) is 0 Å². The second kappa shape index (κ2) is 4.35. The lowest BCUT2D eigenvalue weighted by atomic mass is 10.1. The standard InChI is InChI=1S/C14H20N2O2/c1-10-6-12-13(18-5-4-17-12)7-11(10)16-9-14(8-15)2-3-14/h6-7,16H,2-5,8-9,15H2,1H3. The molecule has 3 rings (SSSR count). The summed E-state index contributed by atoms with van der Waals surface area (Å²) in [4.78, 5) is 0. The average molecular weight is 248 g/mol. The summed E-state index contributed by atoms with van der Waals surface area (Å²) in [7, 11) is 0. The first-order valence-electron chi connectivity index (χ1n) is 6.57. The first-order valence-corrected chi connectivity index (χ1v) is 6.57. The van der Waals surface area contributed by atoms with E-state index in [1.165, 1.54) is 18.4 Å². The van der Waals surface area contributed by atoms with Crippen molar-refractivity contribution in [3.05, 3.63) is 17.7 Å². The summed E-state index contributed by atoms with van der Waals surface area (Å²) in [6.45, 7) is 5.06. The van der Waals surface area contributed by atoms with Gasteiger partial charge in [0.15, 0.2) is 11.5 Å². The van der Waals surface area contributed by atoms with Gasteiger partial charge < -0.3 is 20.5 Å². The lowest BCUT2D eigenvalue weighted by Crippen LogP contribution is -2.24. The molecule has 1 fully saturated rings. The molecule has 4 nitrogen and oxygen atoms in total. The molecule has 18 heavy (non-hydrogen) atoms. The molecule has 0 atom stereocenters. The zero-order valence-electron chi connectivity index (χ0n) is 10.8.